The van der Waals surface area contributed by atoms with Crippen LogP contribution in [0.2, 0.25) is 0 Å². The van der Waals surface area contributed by atoms with Crippen molar-refractivity contribution >= 4 is 23.4 Å². The van der Waals surface area contributed by atoms with Gasteiger partial charge in [0, 0.05) is 31.3 Å². The van der Waals surface area contributed by atoms with Crippen LogP contribution in [0.3, 0.4) is 0 Å². The summed E-state index contributed by atoms with van der Waals surface area (Å²) in [5.41, 5.74) is 0.838. The fourth-order valence-corrected chi connectivity index (χ4v) is 2.56. The third-order valence-corrected chi connectivity index (χ3v) is 3.65. The molecule has 1 N–H and O–H groups in total. The van der Waals surface area contributed by atoms with Gasteiger partial charge in [-0.2, -0.15) is 11.8 Å². The molecule has 2 rings (SSSR count). The van der Waals surface area contributed by atoms with Crippen molar-refractivity contribution in [2.24, 2.45) is 0 Å². The predicted octanol–water partition coefficient (Wildman–Crippen LogP) is 0.749. The van der Waals surface area contributed by atoms with Gasteiger partial charge in [-0.15, -0.1) is 0 Å². The number of thioether (sulfide) groups is 1. The summed E-state index contributed by atoms with van der Waals surface area (Å²) in [5.74, 6) is 2.05. The maximum atomic E-state index is 12.1. The zero-order valence-electron chi connectivity index (χ0n) is 9.22. The van der Waals surface area contributed by atoms with Crippen molar-refractivity contribution in [2.45, 2.75) is 6.04 Å². The van der Waals surface area contributed by atoms with Crippen molar-refractivity contribution < 1.29 is 4.79 Å². The summed E-state index contributed by atoms with van der Waals surface area (Å²) >= 11 is 1.82. The van der Waals surface area contributed by atoms with Gasteiger partial charge in [-0.1, -0.05) is 0 Å². The van der Waals surface area contributed by atoms with Crippen LogP contribution in [-0.4, -0.2) is 42.0 Å². The van der Waals surface area contributed by atoms with Gasteiger partial charge in [0.2, 0.25) is 5.91 Å². The summed E-state index contributed by atoms with van der Waals surface area (Å²) in [6, 6.07) is 3.66. The van der Waals surface area contributed by atoms with E-state index in [1.54, 1.807) is 24.3 Å². The molecule has 1 aromatic heterocycles. The van der Waals surface area contributed by atoms with Gasteiger partial charge >= 0.3 is 0 Å². The number of carbonyl (C=O) groups excluding carboxylic acids is 1. The second-order valence-corrected chi connectivity index (χ2v) is 4.84. The Morgan fingerprint density at radius 1 is 1.69 bits per heavy atom. The molecule has 4 nitrogen and oxygen atoms in total. The molecule has 86 valence electrons. The van der Waals surface area contributed by atoms with E-state index in [4.69, 9.17) is 0 Å². The van der Waals surface area contributed by atoms with Gasteiger partial charge in [0.05, 0.1) is 17.9 Å². The molecule has 1 aliphatic rings. The molecule has 1 fully saturated rings. The highest BCUT2D eigenvalue weighted by Crippen LogP contribution is 2.14. The number of likely N-dealkylation sites (N-methyl/N-ethyl adjacent to an activating group) is 1. The summed E-state index contributed by atoms with van der Waals surface area (Å²) in [4.78, 5) is 17.8. The standard InChI is InChI=1S/C11H15N3OS/c1-14(9-3-2-4-12-7-9)11(15)10-8-16-6-5-13-10/h2-4,7,10,13H,5-6,8H2,1H3. The van der Waals surface area contributed by atoms with Gasteiger partial charge in [-0.3, -0.25) is 9.78 Å². The molecule has 5 heteroatoms. The van der Waals surface area contributed by atoms with Crippen molar-refractivity contribution in [3.63, 3.8) is 0 Å². The first-order valence-corrected chi connectivity index (χ1v) is 6.43. The Bertz CT molecular complexity index is 352. The topological polar surface area (TPSA) is 45.2 Å². The molecule has 0 aromatic carbocycles. The predicted molar refractivity (Wildman–Crippen MR) is 66.8 cm³/mol. The van der Waals surface area contributed by atoms with Crippen LogP contribution < -0.4 is 10.2 Å². The van der Waals surface area contributed by atoms with Crippen LogP contribution in [0.5, 0.6) is 0 Å². The smallest absolute Gasteiger partial charge is 0.244 e. The number of anilines is 1. The number of aromatic nitrogens is 1. The minimum Gasteiger partial charge on any atom is -0.313 e. The van der Waals surface area contributed by atoms with E-state index in [9.17, 15) is 4.79 Å². The van der Waals surface area contributed by atoms with Crippen LogP contribution in [0.1, 0.15) is 0 Å². The number of hydrogen-bond donors (Lipinski definition) is 1. The Morgan fingerprint density at radius 2 is 2.56 bits per heavy atom. The van der Waals surface area contributed by atoms with Gasteiger partial charge in [-0.05, 0) is 12.1 Å². The van der Waals surface area contributed by atoms with Gasteiger partial charge in [0.25, 0.3) is 0 Å². The van der Waals surface area contributed by atoms with Crippen LogP contribution in [-0.2, 0) is 4.79 Å². The molecule has 1 atom stereocenters. The average Bonchev–Trinajstić information content (AvgIpc) is 2.39. The number of nitrogens with zero attached hydrogens (tertiary/aromatic N) is 2. The van der Waals surface area contributed by atoms with Crippen molar-refractivity contribution in [1.29, 1.82) is 0 Å². The quantitative estimate of drug-likeness (QED) is 0.824. The highest BCUT2D eigenvalue weighted by molar-refractivity contribution is 7.99. The molecule has 1 saturated heterocycles. The van der Waals surface area contributed by atoms with Crippen LogP contribution in [0.25, 0.3) is 0 Å². The summed E-state index contributed by atoms with van der Waals surface area (Å²) in [6.45, 7) is 0.905. The Morgan fingerprint density at radius 3 is 3.19 bits per heavy atom. The molecule has 0 aliphatic carbocycles. The minimum absolute atomic E-state index is 0.0658. The first-order chi connectivity index (χ1) is 7.79. The number of rotatable bonds is 2. The van der Waals surface area contributed by atoms with E-state index in [1.807, 2.05) is 23.9 Å². The molecule has 1 aromatic rings. The lowest BCUT2D eigenvalue weighted by atomic mass is 10.2. The number of pyridine rings is 1. The summed E-state index contributed by atoms with van der Waals surface area (Å²) in [5, 5.41) is 3.24. The van der Waals surface area contributed by atoms with E-state index >= 15 is 0 Å². The van der Waals surface area contributed by atoms with Crippen molar-refractivity contribution in [3.8, 4) is 0 Å². The Balaban J connectivity index is 2.04. The molecule has 16 heavy (non-hydrogen) atoms. The number of amides is 1. The monoisotopic (exact) mass is 237 g/mol. The number of nitrogens with one attached hydrogen (secondary N) is 1. The molecule has 0 radical (unpaired) electrons. The first-order valence-electron chi connectivity index (χ1n) is 5.28. The Hall–Kier alpha value is -1.07. The second kappa shape index (κ2) is 5.32. The van der Waals surface area contributed by atoms with Crippen molar-refractivity contribution in [3.05, 3.63) is 24.5 Å². The third kappa shape index (κ3) is 2.54. The lowest BCUT2D eigenvalue weighted by Gasteiger charge is -2.27. The normalized spacial score (nSPS) is 20.4. The zero-order valence-corrected chi connectivity index (χ0v) is 10.0. The van der Waals surface area contributed by atoms with E-state index in [2.05, 4.69) is 10.3 Å². The Labute approximate surface area is 99.4 Å². The lowest BCUT2D eigenvalue weighted by molar-refractivity contribution is -0.119. The molecule has 0 bridgehead atoms. The van der Waals surface area contributed by atoms with Crippen molar-refractivity contribution in [2.75, 3.05) is 30.0 Å². The number of hydrogen-bond acceptors (Lipinski definition) is 4. The molecule has 0 spiro atoms. The van der Waals surface area contributed by atoms with E-state index in [0.717, 1.165) is 23.7 Å². The summed E-state index contributed by atoms with van der Waals surface area (Å²) in [7, 11) is 1.79. The van der Waals surface area contributed by atoms with Gasteiger partial charge < -0.3 is 10.2 Å². The van der Waals surface area contributed by atoms with Crippen LogP contribution >= 0.6 is 11.8 Å². The highest BCUT2D eigenvalue weighted by atomic mass is 32.2. The fraction of sp³-hybridized carbons (Fsp3) is 0.455. The SMILES string of the molecule is CN(C(=O)C1CSCCN1)c1cccnc1. The van der Waals surface area contributed by atoms with Crippen LogP contribution in [0.4, 0.5) is 5.69 Å². The first kappa shape index (κ1) is 11.4. The van der Waals surface area contributed by atoms with Gasteiger partial charge in [0.15, 0.2) is 0 Å². The highest BCUT2D eigenvalue weighted by Gasteiger charge is 2.24. The molecule has 1 unspecified atom stereocenters. The van der Waals surface area contributed by atoms with E-state index in [1.165, 1.54) is 0 Å². The maximum Gasteiger partial charge on any atom is 0.244 e. The molecular weight excluding hydrogens is 222 g/mol. The fourth-order valence-electron chi connectivity index (χ4n) is 1.64. The van der Waals surface area contributed by atoms with Crippen LogP contribution in [0.15, 0.2) is 24.5 Å². The van der Waals surface area contributed by atoms with Gasteiger partial charge in [0.1, 0.15) is 0 Å². The van der Waals surface area contributed by atoms with E-state index in [0.29, 0.717) is 0 Å². The molecular formula is C11H15N3OS. The minimum atomic E-state index is -0.0658. The second-order valence-electron chi connectivity index (χ2n) is 3.69. The van der Waals surface area contributed by atoms with Gasteiger partial charge in [-0.25, -0.2) is 0 Å². The molecule has 1 amide bonds. The number of carbonyl (C=O) groups is 1. The lowest BCUT2D eigenvalue weighted by Crippen LogP contribution is -2.49. The maximum absolute atomic E-state index is 12.1. The average molecular weight is 237 g/mol. The zero-order chi connectivity index (χ0) is 11.4. The molecule has 1 aliphatic heterocycles. The van der Waals surface area contributed by atoms with Crippen LogP contribution in [0, 0.1) is 0 Å². The van der Waals surface area contributed by atoms with E-state index < -0.39 is 0 Å². The largest absolute Gasteiger partial charge is 0.313 e. The molecule has 0 saturated carbocycles. The summed E-state index contributed by atoms with van der Waals surface area (Å²) < 4.78 is 0. The summed E-state index contributed by atoms with van der Waals surface area (Å²) in [6.07, 6.45) is 3.41. The van der Waals surface area contributed by atoms with Crippen molar-refractivity contribution in [1.82, 2.24) is 10.3 Å². The van der Waals surface area contributed by atoms with E-state index in [-0.39, 0.29) is 11.9 Å². The molecule has 2 heterocycles. The third-order valence-electron chi connectivity index (χ3n) is 2.58. The Kier molecular flexibility index (Phi) is 3.79.